The maximum absolute atomic E-state index is 3.57. The van der Waals surface area contributed by atoms with Gasteiger partial charge in [-0.05, 0) is 54.6 Å². The molecule has 17 heavy (non-hydrogen) atoms. The lowest BCUT2D eigenvalue weighted by Gasteiger charge is -2.43. The lowest BCUT2D eigenvalue weighted by Crippen LogP contribution is -2.34. The second kappa shape index (κ2) is 4.51. The quantitative estimate of drug-likeness (QED) is 0.775. The van der Waals surface area contributed by atoms with Gasteiger partial charge in [-0.3, -0.25) is 0 Å². The van der Waals surface area contributed by atoms with Crippen molar-refractivity contribution in [1.29, 1.82) is 0 Å². The molecular weight excluding hydrogens is 206 g/mol. The van der Waals surface area contributed by atoms with E-state index in [1.165, 1.54) is 30.7 Å². The van der Waals surface area contributed by atoms with Gasteiger partial charge >= 0.3 is 0 Å². The van der Waals surface area contributed by atoms with E-state index >= 15 is 0 Å². The van der Waals surface area contributed by atoms with Crippen molar-refractivity contribution in [3.05, 3.63) is 23.5 Å². The molecule has 1 aromatic heterocycles. The first-order chi connectivity index (χ1) is 7.86. The third-order valence-electron chi connectivity index (χ3n) is 4.36. The number of hydrogen-bond donors (Lipinski definition) is 1. The molecule has 1 aliphatic rings. The van der Waals surface area contributed by atoms with Crippen molar-refractivity contribution >= 4 is 0 Å². The van der Waals surface area contributed by atoms with Crippen molar-refractivity contribution < 1.29 is 0 Å². The van der Waals surface area contributed by atoms with Gasteiger partial charge in [-0.1, -0.05) is 34.6 Å². The molecule has 1 aromatic rings. The third kappa shape index (κ3) is 2.94. The summed E-state index contributed by atoms with van der Waals surface area (Å²) in [6.07, 6.45) is 4.08. The molecule has 0 aliphatic heterocycles. The lowest BCUT2D eigenvalue weighted by molar-refractivity contribution is 0.0757. The van der Waals surface area contributed by atoms with E-state index in [4.69, 9.17) is 0 Å². The Labute approximate surface area is 106 Å². The van der Waals surface area contributed by atoms with Crippen molar-refractivity contribution in [2.24, 2.45) is 17.3 Å². The van der Waals surface area contributed by atoms with Crippen molar-refractivity contribution in [1.82, 2.24) is 4.98 Å². The van der Waals surface area contributed by atoms with Crippen molar-refractivity contribution in [2.45, 2.75) is 59.8 Å². The molecule has 0 atom stereocenters. The summed E-state index contributed by atoms with van der Waals surface area (Å²) in [5.74, 6) is 2.47. The van der Waals surface area contributed by atoms with Crippen LogP contribution in [-0.2, 0) is 6.42 Å². The van der Waals surface area contributed by atoms with Crippen molar-refractivity contribution in [2.75, 3.05) is 0 Å². The molecule has 0 aromatic carbocycles. The Bertz CT molecular complexity index is 361. The molecule has 1 N–H and O–H groups in total. The highest BCUT2D eigenvalue weighted by molar-refractivity contribution is 5.16. The van der Waals surface area contributed by atoms with E-state index < -0.39 is 0 Å². The van der Waals surface area contributed by atoms with Gasteiger partial charge in [0, 0.05) is 11.4 Å². The topological polar surface area (TPSA) is 15.8 Å². The summed E-state index contributed by atoms with van der Waals surface area (Å²) in [6.45, 7) is 11.6. The van der Waals surface area contributed by atoms with Crippen LogP contribution in [0.2, 0.25) is 0 Å². The van der Waals surface area contributed by atoms with E-state index in [1.807, 2.05) is 0 Å². The Morgan fingerprint density at radius 3 is 2.35 bits per heavy atom. The summed E-state index contributed by atoms with van der Waals surface area (Å²) in [5, 5.41) is 0. The van der Waals surface area contributed by atoms with Crippen LogP contribution in [0.3, 0.4) is 0 Å². The molecule has 0 saturated heterocycles. The van der Waals surface area contributed by atoms with Gasteiger partial charge in [0.15, 0.2) is 0 Å². The number of rotatable bonds is 3. The van der Waals surface area contributed by atoms with Gasteiger partial charge < -0.3 is 4.98 Å². The van der Waals surface area contributed by atoms with E-state index in [-0.39, 0.29) is 0 Å². The second-order valence-corrected chi connectivity index (χ2v) is 7.20. The summed E-state index contributed by atoms with van der Waals surface area (Å²) in [6, 6.07) is 4.53. The van der Waals surface area contributed by atoms with Gasteiger partial charge in [-0.2, -0.15) is 0 Å². The average molecular weight is 233 g/mol. The monoisotopic (exact) mass is 233 g/mol. The summed E-state index contributed by atoms with van der Waals surface area (Å²) < 4.78 is 0. The summed E-state index contributed by atoms with van der Waals surface area (Å²) in [5.41, 5.74) is 3.33. The van der Waals surface area contributed by atoms with E-state index in [0.29, 0.717) is 11.3 Å². The number of nitrogens with one attached hydrogen (secondary N) is 1. The van der Waals surface area contributed by atoms with Crippen molar-refractivity contribution in [3.63, 3.8) is 0 Å². The largest absolute Gasteiger partial charge is 0.362 e. The Hall–Kier alpha value is -0.720. The Morgan fingerprint density at radius 1 is 1.24 bits per heavy atom. The zero-order valence-electron chi connectivity index (χ0n) is 12.0. The minimum Gasteiger partial charge on any atom is -0.362 e. The standard InChI is InChI=1S/C16H27N/c1-11(2)15-7-6-14(17-15)10-12-8-13(9-12)16(3,4)5/h6-7,11-13,17H,8-10H2,1-5H3. The molecule has 1 heteroatoms. The van der Waals surface area contributed by atoms with Gasteiger partial charge in [0.25, 0.3) is 0 Å². The van der Waals surface area contributed by atoms with E-state index in [0.717, 1.165) is 11.8 Å². The predicted octanol–water partition coefficient (Wildman–Crippen LogP) is 4.75. The zero-order chi connectivity index (χ0) is 12.6. The summed E-state index contributed by atoms with van der Waals surface area (Å²) in [7, 11) is 0. The highest BCUT2D eigenvalue weighted by atomic mass is 14.7. The second-order valence-electron chi connectivity index (χ2n) is 7.20. The van der Waals surface area contributed by atoms with E-state index in [1.54, 1.807) is 0 Å². The summed E-state index contributed by atoms with van der Waals surface area (Å²) in [4.78, 5) is 3.57. The molecule has 0 spiro atoms. The molecule has 2 rings (SSSR count). The zero-order valence-corrected chi connectivity index (χ0v) is 12.0. The van der Waals surface area contributed by atoms with Crippen LogP contribution in [0, 0.1) is 17.3 Å². The van der Waals surface area contributed by atoms with E-state index in [9.17, 15) is 0 Å². The Morgan fingerprint density at radius 2 is 1.88 bits per heavy atom. The predicted molar refractivity (Wildman–Crippen MR) is 74.3 cm³/mol. The maximum atomic E-state index is 3.57. The van der Waals surface area contributed by atoms with Gasteiger partial charge in [0.05, 0.1) is 0 Å². The number of hydrogen-bond acceptors (Lipinski definition) is 0. The van der Waals surface area contributed by atoms with Gasteiger partial charge in [0.2, 0.25) is 0 Å². The molecule has 0 bridgehead atoms. The molecule has 1 aliphatic carbocycles. The molecule has 1 saturated carbocycles. The fourth-order valence-corrected chi connectivity index (χ4v) is 2.84. The lowest BCUT2D eigenvalue weighted by atomic mass is 9.62. The molecule has 0 amide bonds. The van der Waals surface area contributed by atoms with Crippen LogP contribution in [0.15, 0.2) is 12.1 Å². The molecule has 1 fully saturated rings. The molecular formula is C16H27N. The van der Waals surface area contributed by atoms with Crippen LogP contribution in [0.4, 0.5) is 0 Å². The molecule has 96 valence electrons. The minimum absolute atomic E-state index is 0.509. The summed E-state index contributed by atoms with van der Waals surface area (Å²) >= 11 is 0. The fraction of sp³-hybridized carbons (Fsp3) is 0.750. The van der Waals surface area contributed by atoms with Gasteiger partial charge in [-0.15, -0.1) is 0 Å². The van der Waals surface area contributed by atoms with Crippen LogP contribution >= 0.6 is 0 Å². The van der Waals surface area contributed by atoms with Crippen LogP contribution in [0.1, 0.15) is 64.8 Å². The molecule has 0 unspecified atom stereocenters. The number of H-pyrrole nitrogens is 1. The highest BCUT2D eigenvalue weighted by Gasteiger charge is 2.36. The average Bonchev–Trinajstić information content (AvgIpc) is 2.56. The normalized spacial score (nSPS) is 25.1. The van der Waals surface area contributed by atoms with Crippen molar-refractivity contribution in [3.8, 4) is 0 Å². The van der Waals surface area contributed by atoms with Gasteiger partial charge in [-0.25, -0.2) is 0 Å². The highest BCUT2D eigenvalue weighted by Crippen LogP contribution is 2.46. The fourth-order valence-electron chi connectivity index (χ4n) is 2.84. The SMILES string of the molecule is CC(C)c1ccc(CC2CC(C(C)(C)C)C2)[nH]1. The van der Waals surface area contributed by atoms with Crippen LogP contribution in [-0.4, -0.2) is 4.98 Å². The number of aromatic amines is 1. The van der Waals surface area contributed by atoms with Crippen LogP contribution in [0.5, 0.6) is 0 Å². The minimum atomic E-state index is 0.509. The Kier molecular flexibility index (Phi) is 3.38. The Balaban J connectivity index is 1.84. The molecule has 0 radical (unpaired) electrons. The first-order valence-electron chi connectivity index (χ1n) is 7.04. The third-order valence-corrected chi connectivity index (χ3v) is 4.36. The van der Waals surface area contributed by atoms with Crippen LogP contribution in [0.25, 0.3) is 0 Å². The first kappa shape index (κ1) is 12.7. The van der Waals surface area contributed by atoms with E-state index in [2.05, 4.69) is 51.7 Å². The first-order valence-corrected chi connectivity index (χ1v) is 7.04. The maximum Gasteiger partial charge on any atom is 0.0175 e. The molecule has 1 heterocycles. The number of aromatic nitrogens is 1. The van der Waals surface area contributed by atoms with Crippen LogP contribution < -0.4 is 0 Å². The molecule has 1 nitrogen and oxygen atoms in total. The van der Waals surface area contributed by atoms with Gasteiger partial charge in [0.1, 0.15) is 0 Å². The smallest absolute Gasteiger partial charge is 0.0175 e.